The minimum atomic E-state index is -2.95. The number of hydrogen-bond acceptors (Lipinski definition) is 8. The zero-order valence-electron chi connectivity index (χ0n) is 14.9. The summed E-state index contributed by atoms with van der Waals surface area (Å²) in [5.41, 5.74) is 3.57. The van der Waals surface area contributed by atoms with Crippen molar-refractivity contribution >= 4 is 21.3 Å². The van der Waals surface area contributed by atoms with Crippen molar-refractivity contribution in [3.05, 3.63) is 29.1 Å². The van der Waals surface area contributed by atoms with Crippen LogP contribution in [0.25, 0.3) is 5.65 Å². The molecule has 1 fully saturated rings. The Morgan fingerprint density at radius 2 is 2.08 bits per heavy atom. The largest absolute Gasteiger partial charge is 0.354 e. The summed E-state index contributed by atoms with van der Waals surface area (Å²) >= 11 is 0. The Morgan fingerprint density at radius 1 is 1.27 bits per heavy atom. The van der Waals surface area contributed by atoms with Gasteiger partial charge in [0.2, 0.25) is 0 Å². The molecule has 3 aromatic heterocycles. The second-order valence-electron chi connectivity index (χ2n) is 6.72. The van der Waals surface area contributed by atoms with E-state index >= 15 is 0 Å². The Hall–Kier alpha value is -2.56. The number of aromatic nitrogens is 7. The number of tetrazole rings is 1. The second kappa shape index (κ2) is 6.01. The fourth-order valence-electron chi connectivity index (χ4n) is 3.41. The maximum atomic E-state index is 11.8. The van der Waals surface area contributed by atoms with Gasteiger partial charge in [-0.3, -0.25) is 4.68 Å². The molecular formula is C15H20N8O2S. The second-order valence-corrected chi connectivity index (χ2v) is 8.95. The van der Waals surface area contributed by atoms with Crippen LogP contribution in [0.1, 0.15) is 29.4 Å². The van der Waals surface area contributed by atoms with Crippen molar-refractivity contribution in [2.45, 2.75) is 32.9 Å². The summed E-state index contributed by atoms with van der Waals surface area (Å²) in [5, 5.41) is 20.3. The number of sulfone groups is 1. The smallest absolute Gasteiger partial charge is 0.200 e. The Balaban J connectivity index is 1.59. The first-order valence-electron chi connectivity index (χ1n) is 8.35. The van der Waals surface area contributed by atoms with Crippen LogP contribution in [0.15, 0.2) is 12.1 Å². The monoisotopic (exact) mass is 376 g/mol. The van der Waals surface area contributed by atoms with Crippen LogP contribution in [0, 0.1) is 13.8 Å². The van der Waals surface area contributed by atoms with Crippen LogP contribution in [0.4, 0.5) is 5.82 Å². The lowest BCUT2D eigenvalue weighted by atomic mass is 10.1. The lowest BCUT2D eigenvalue weighted by Gasteiger charge is -2.18. The van der Waals surface area contributed by atoms with E-state index in [1.54, 1.807) is 0 Å². The fraction of sp³-hybridized carbons (Fsp3) is 0.533. The van der Waals surface area contributed by atoms with E-state index in [1.807, 2.05) is 42.6 Å². The van der Waals surface area contributed by atoms with E-state index in [-0.39, 0.29) is 17.5 Å². The number of hydrogen-bond donors (Lipinski definition) is 0. The molecule has 0 N–H and O–H groups in total. The van der Waals surface area contributed by atoms with Crippen molar-refractivity contribution in [3.63, 3.8) is 0 Å². The number of rotatable bonds is 4. The van der Waals surface area contributed by atoms with E-state index in [0.29, 0.717) is 18.6 Å². The highest BCUT2D eigenvalue weighted by Crippen LogP contribution is 2.27. The van der Waals surface area contributed by atoms with Gasteiger partial charge in [0.25, 0.3) is 0 Å². The molecule has 0 amide bonds. The van der Waals surface area contributed by atoms with Gasteiger partial charge in [-0.1, -0.05) is 0 Å². The molecule has 1 aliphatic heterocycles. The summed E-state index contributed by atoms with van der Waals surface area (Å²) in [5.74, 6) is 1.14. The van der Waals surface area contributed by atoms with E-state index in [1.165, 1.54) is 4.63 Å². The molecule has 11 heteroatoms. The van der Waals surface area contributed by atoms with Crippen molar-refractivity contribution < 1.29 is 8.42 Å². The molecule has 4 heterocycles. The number of nitrogens with zero attached hydrogens (tertiary/aromatic N) is 8. The summed E-state index contributed by atoms with van der Waals surface area (Å²) in [6, 6.07) is 3.60. The zero-order chi connectivity index (χ0) is 18.5. The highest BCUT2D eigenvalue weighted by molar-refractivity contribution is 7.91. The molecule has 10 nitrogen and oxygen atoms in total. The molecule has 1 atom stereocenters. The minimum Gasteiger partial charge on any atom is -0.354 e. The molecular weight excluding hydrogens is 356 g/mol. The third-order valence-corrected chi connectivity index (χ3v) is 6.62. The van der Waals surface area contributed by atoms with E-state index in [9.17, 15) is 8.42 Å². The van der Waals surface area contributed by atoms with Crippen LogP contribution >= 0.6 is 0 Å². The molecule has 1 saturated heterocycles. The maximum absolute atomic E-state index is 11.8. The SMILES string of the molecule is Cc1nn([C@@H]2CCS(=O)(=O)C2)c(C)c1CN(C)c1ccc2nnnn2n1. The van der Waals surface area contributed by atoms with Gasteiger partial charge < -0.3 is 4.90 Å². The predicted molar refractivity (Wildman–Crippen MR) is 94.7 cm³/mol. The first-order valence-corrected chi connectivity index (χ1v) is 10.2. The molecule has 4 rings (SSSR count). The Bertz CT molecular complexity index is 1070. The number of fused-ring (bicyclic) bond motifs is 1. The summed E-state index contributed by atoms with van der Waals surface area (Å²) in [6.07, 6.45) is 0.622. The van der Waals surface area contributed by atoms with Gasteiger partial charge in [0.15, 0.2) is 21.3 Å². The van der Waals surface area contributed by atoms with Gasteiger partial charge in [0, 0.05) is 24.8 Å². The quantitative estimate of drug-likeness (QED) is 0.640. The van der Waals surface area contributed by atoms with Crippen LogP contribution in [-0.4, -0.2) is 62.0 Å². The van der Waals surface area contributed by atoms with Crippen LogP contribution in [-0.2, 0) is 16.4 Å². The normalized spacial score (nSPS) is 19.3. The molecule has 0 aromatic carbocycles. The van der Waals surface area contributed by atoms with Crippen LogP contribution < -0.4 is 4.90 Å². The van der Waals surface area contributed by atoms with E-state index in [2.05, 4.69) is 25.7 Å². The first-order chi connectivity index (χ1) is 12.3. The summed E-state index contributed by atoms with van der Waals surface area (Å²) in [6.45, 7) is 4.55. The lowest BCUT2D eigenvalue weighted by molar-refractivity contribution is 0.485. The first kappa shape index (κ1) is 16.9. The molecule has 0 unspecified atom stereocenters. The number of aryl methyl sites for hydroxylation is 1. The zero-order valence-corrected chi connectivity index (χ0v) is 15.7. The van der Waals surface area contributed by atoms with Crippen molar-refractivity contribution in [2.75, 3.05) is 23.5 Å². The Kier molecular flexibility index (Phi) is 3.90. The highest BCUT2D eigenvalue weighted by Gasteiger charge is 2.31. The van der Waals surface area contributed by atoms with Crippen LogP contribution in [0.3, 0.4) is 0 Å². The van der Waals surface area contributed by atoms with Gasteiger partial charge in [-0.15, -0.1) is 14.8 Å². The third-order valence-electron chi connectivity index (χ3n) is 4.87. The Morgan fingerprint density at radius 3 is 2.81 bits per heavy atom. The van der Waals surface area contributed by atoms with Crippen molar-refractivity contribution in [1.82, 2.24) is 35.0 Å². The highest BCUT2D eigenvalue weighted by atomic mass is 32.2. The summed E-state index contributed by atoms with van der Waals surface area (Å²) in [4.78, 5) is 1.99. The van der Waals surface area contributed by atoms with Gasteiger partial charge in [-0.2, -0.15) is 5.10 Å². The Labute approximate surface area is 150 Å². The average molecular weight is 376 g/mol. The van der Waals surface area contributed by atoms with Gasteiger partial charge >= 0.3 is 0 Å². The maximum Gasteiger partial charge on any atom is 0.200 e. The van der Waals surface area contributed by atoms with Crippen LogP contribution in [0.5, 0.6) is 0 Å². The van der Waals surface area contributed by atoms with Crippen molar-refractivity contribution in [3.8, 4) is 0 Å². The molecule has 3 aromatic rings. The van der Waals surface area contributed by atoms with Crippen molar-refractivity contribution in [1.29, 1.82) is 0 Å². The molecule has 138 valence electrons. The standard InChI is InChI=1S/C15H20N8O2S/c1-10-13(11(2)22(17-10)12-6-7-26(24,25)9-12)8-21(3)15-5-4-14-16-19-20-23(14)18-15/h4-5,12H,6-9H2,1-3H3/t12-/m1/s1. The molecule has 0 saturated carbocycles. The molecule has 0 aliphatic carbocycles. The summed E-state index contributed by atoms with van der Waals surface area (Å²) in [7, 11) is -1.01. The molecule has 0 spiro atoms. The lowest BCUT2D eigenvalue weighted by Crippen LogP contribution is -2.20. The molecule has 0 radical (unpaired) electrons. The molecule has 0 bridgehead atoms. The number of anilines is 1. The van der Waals surface area contributed by atoms with Crippen LogP contribution in [0.2, 0.25) is 0 Å². The van der Waals surface area contributed by atoms with E-state index in [4.69, 9.17) is 0 Å². The van der Waals surface area contributed by atoms with E-state index < -0.39 is 9.84 Å². The third kappa shape index (κ3) is 2.91. The minimum absolute atomic E-state index is 0.0755. The molecule has 1 aliphatic rings. The van der Waals surface area contributed by atoms with Gasteiger partial charge in [0.1, 0.15) is 0 Å². The summed E-state index contributed by atoms with van der Waals surface area (Å²) < 4.78 is 26.8. The fourth-order valence-corrected chi connectivity index (χ4v) is 5.10. The molecule has 26 heavy (non-hydrogen) atoms. The average Bonchev–Trinajstić information content (AvgIpc) is 3.27. The van der Waals surface area contributed by atoms with Gasteiger partial charge in [0.05, 0.1) is 23.2 Å². The van der Waals surface area contributed by atoms with Gasteiger partial charge in [-0.05, 0) is 42.8 Å². The predicted octanol–water partition coefficient (Wildman–Crippen LogP) is 0.329. The van der Waals surface area contributed by atoms with Crippen molar-refractivity contribution in [2.24, 2.45) is 0 Å². The van der Waals surface area contributed by atoms with Gasteiger partial charge in [-0.25, -0.2) is 8.42 Å². The topological polar surface area (TPSA) is 111 Å². The van der Waals surface area contributed by atoms with E-state index in [0.717, 1.165) is 22.8 Å².